The lowest BCUT2D eigenvalue weighted by Gasteiger charge is -2.32. The molecule has 0 saturated carbocycles. The molecular formula is C13H30N2. The molecule has 2 nitrogen and oxygen atoms in total. The fourth-order valence-corrected chi connectivity index (χ4v) is 1.66. The minimum absolute atomic E-state index is 1.25. The van der Waals surface area contributed by atoms with Crippen molar-refractivity contribution in [2.45, 2.75) is 46.5 Å². The maximum atomic E-state index is 2.59. The second-order valence-corrected chi connectivity index (χ2v) is 4.56. The summed E-state index contributed by atoms with van der Waals surface area (Å²) in [6, 6.07) is 0. The summed E-state index contributed by atoms with van der Waals surface area (Å²) in [5, 5.41) is 0. The summed E-state index contributed by atoms with van der Waals surface area (Å²) >= 11 is 0. The van der Waals surface area contributed by atoms with Crippen molar-refractivity contribution in [3.05, 3.63) is 0 Å². The van der Waals surface area contributed by atoms with Gasteiger partial charge in [0.2, 0.25) is 0 Å². The number of unbranched alkanes of at least 4 members (excludes halogenated alkanes) is 2. The fraction of sp³-hybridized carbons (Fsp3) is 1.00. The highest BCUT2D eigenvalue weighted by Gasteiger charge is 2.12. The third-order valence-corrected chi connectivity index (χ3v) is 2.67. The van der Waals surface area contributed by atoms with Gasteiger partial charge in [0.25, 0.3) is 0 Å². The Balaban J connectivity index is 0.000000583. The Kier molecular flexibility index (Phi) is 10.4. The first-order valence-electron chi connectivity index (χ1n) is 6.65. The summed E-state index contributed by atoms with van der Waals surface area (Å²) < 4.78 is 0. The Morgan fingerprint density at radius 3 is 1.87 bits per heavy atom. The molecule has 1 fully saturated rings. The van der Waals surface area contributed by atoms with Gasteiger partial charge < -0.3 is 9.80 Å². The molecule has 0 N–H and O–H groups in total. The molecule has 0 bridgehead atoms. The van der Waals surface area contributed by atoms with Gasteiger partial charge >= 0.3 is 0 Å². The lowest BCUT2D eigenvalue weighted by molar-refractivity contribution is 0.152. The monoisotopic (exact) mass is 214 g/mol. The molecule has 2 heteroatoms. The van der Waals surface area contributed by atoms with Crippen LogP contribution in [0.5, 0.6) is 0 Å². The first kappa shape index (κ1) is 14.9. The molecule has 0 aromatic rings. The standard InChI is InChI=1S/C10H22N2.C3H8/c1-3-4-5-6-12-9-7-11(2)8-10-12;1-3-2/h3-10H2,1-2H3;3H2,1-2H3. The molecule has 1 heterocycles. The maximum Gasteiger partial charge on any atom is 0.0110 e. The molecule has 0 unspecified atom stereocenters. The lowest BCUT2D eigenvalue weighted by Crippen LogP contribution is -2.44. The Morgan fingerprint density at radius 1 is 0.867 bits per heavy atom. The molecule has 0 aliphatic carbocycles. The van der Waals surface area contributed by atoms with Crippen LogP contribution in [0.4, 0.5) is 0 Å². The van der Waals surface area contributed by atoms with Gasteiger partial charge in [0.15, 0.2) is 0 Å². The molecule has 1 aliphatic heterocycles. The average molecular weight is 214 g/mol. The Hall–Kier alpha value is -0.0800. The van der Waals surface area contributed by atoms with E-state index < -0.39 is 0 Å². The molecule has 0 spiro atoms. The third kappa shape index (κ3) is 8.88. The van der Waals surface area contributed by atoms with Crippen LogP contribution in [0.3, 0.4) is 0 Å². The van der Waals surface area contributed by atoms with Crippen LogP contribution in [-0.2, 0) is 0 Å². The van der Waals surface area contributed by atoms with Crippen LogP contribution < -0.4 is 0 Å². The van der Waals surface area contributed by atoms with E-state index in [4.69, 9.17) is 0 Å². The summed E-state index contributed by atoms with van der Waals surface area (Å²) in [4.78, 5) is 5.01. The van der Waals surface area contributed by atoms with Gasteiger partial charge in [-0.2, -0.15) is 0 Å². The van der Waals surface area contributed by atoms with E-state index in [1.807, 2.05) is 0 Å². The smallest absolute Gasteiger partial charge is 0.0110 e. The zero-order valence-corrected chi connectivity index (χ0v) is 11.3. The van der Waals surface area contributed by atoms with E-state index in [9.17, 15) is 0 Å². The van der Waals surface area contributed by atoms with Gasteiger partial charge in [0.05, 0.1) is 0 Å². The van der Waals surface area contributed by atoms with Crippen molar-refractivity contribution in [2.75, 3.05) is 39.8 Å². The first-order chi connectivity index (χ1) is 7.24. The normalized spacial score (nSPS) is 18.4. The van der Waals surface area contributed by atoms with Gasteiger partial charge in [-0.1, -0.05) is 40.0 Å². The highest BCUT2D eigenvalue weighted by Crippen LogP contribution is 2.02. The van der Waals surface area contributed by atoms with Crippen molar-refractivity contribution in [1.29, 1.82) is 0 Å². The summed E-state index contributed by atoms with van der Waals surface area (Å²) in [6.45, 7) is 12.9. The second-order valence-electron chi connectivity index (χ2n) is 4.56. The van der Waals surface area contributed by atoms with E-state index >= 15 is 0 Å². The number of likely N-dealkylation sites (N-methyl/N-ethyl adjacent to an activating group) is 1. The van der Waals surface area contributed by atoms with E-state index in [1.54, 1.807) is 0 Å². The van der Waals surface area contributed by atoms with Crippen molar-refractivity contribution in [3.8, 4) is 0 Å². The third-order valence-electron chi connectivity index (χ3n) is 2.67. The molecule has 0 aromatic heterocycles. The molecule has 1 aliphatic rings. The largest absolute Gasteiger partial charge is 0.304 e. The van der Waals surface area contributed by atoms with Crippen LogP contribution >= 0.6 is 0 Å². The molecule has 15 heavy (non-hydrogen) atoms. The van der Waals surface area contributed by atoms with Crippen LogP contribution in [0, 0.1) is 0 Å². The van der Waals surface area contributed by atoms with E-state index in [1.165, 1.54) is 58.4 Å². The van der Waals surface area contributed by atoms with E-state index in [0.717, 1.165) is 0 Å². The van der Waals surface area contributed by atoms with Crippen LogP contribution in [0.2, 0.25) is 0 Å². The van der Waals surface area contributed by atoms with Crippen LogP contribution in [0.25, 0.3) is 0 Å². The van der Waals surface area contributed by atoms with Gasteiger partial charge in [0.1, 0.15) is 0 Å². The summed E-state index contributed by atoms with van der Waals surface area (Å²) in [6.07, 6.45) is 5.38. The second kappa shape index (κ2) is 10.4. The van der Waals surface area contributed by atoms with Gasteiger partial charge in [0, 0.05) is 26.2 Å². The summed E-state index contributed by atoms with van der Waals surface area (Å²) in [5.41, 5.74) is 0. The number of piperazine rings is 1. The predicted octanol–water partition coefficient (Wildman–Crippen LogP) is 2.84. The van der Waals surface area contributed by atoms with Crippen LogP contribution in [0.15, 0.2) is 0 Å². The van der Waals surface area contributed by atoms with Crippen molar-refractivity contribution < 1.29 is 0 Å². The van der Waals surface area contributed by atoms with Crippen molar-refractivity contribution in [3.63, 3.8) is 0 Å². The molecule has 0 amide bonds. The Morgan fingerprint density at radius 2 is 1.40 bits per heavy atom. The van der Waals surface area contributed by atoms with Gasteiger partial charge in [-0.15, -0.1) is 0 Å². The predicted molar refractivity (Wildman–Crippen MR) is 69.4 cm³/mol. The molecular weight excluding hydrogens is 184 g/mol. The molecule has 0 aromatic carbocycles. The van der Waals surface area contributed by atoms with Gasteiger partial charge in [-0.05, 0) is 20.0 Å². The maximum absolute atomic E-state index is 2.59. The van der Waals surface area contributed by atoms with E-state index in [2.05, 4.69) is 37.6 Å². The number of hydrogen-bond acceptors (Lipinski definition) is 2. The van der Waals surface area contributed by atoms with Crippen molar-refractivity contribution in [1.82, 2.24) is 9.80 Å². The molecule has 1 saturated heterocycles. The number of rotatable bonds is 4. The van der Waals surface area contributed by atoms with E-state index in [-0.39, 0.29) is 0 Å². The molecule has 92 valence electrons. The minimum Gasteiger partial charge on any atom is -0.304 e. The van der Waals surface area contributed by atoms with Gasteiger partial charge in [-0.25, -0.2) is 0 Å². The SMILES string of the molecule is CCC.CCCCCN1CCN(C)CC1. The molecule has 1 rings (SSSR count). The van der Waals surface area contributed by atoms with Crippen LogP contribution in [-0.4, -0.2) is 49.6 Å². The molecule has 0 atom stereocenters. The summed E-state index contributed by atoms with van der Waals surface area (Å²) in [7, 11) is 2.21. The van der Waals surface area contributed by atoms with E-state index in [0.29, 0.717) is 0 Å². The topological polar surface area (TPSA) is 6.48 Å². The van der Waals surface area contributed by atoms with Crippen molar-refractivity contribution in [2.24, 2.45) is 0 Å². The lowest BCUT2D eigenvalue weighted by atomic mass is 10.2. The zero-order valence-electron chi connectivity index (χ0n) is 11.3. The highest BCUT2D eigenvalue weighted by molar-refractivity contribution is 4.68. The fourth-order valence-electron chi connectivity index (χ4n) is 1.66. The Bertz CT molecular complexity index is 118. The Labute approximate surface area is 96.6 Å². The number of nitrogens with zero attached hydrogens (tertiary/aromatic N) is 2. The molecule has 0 radical (unpaired) electrons. The number of hydrogen-bond donors (Lipinski definition) is 0. The first-order valence-corrected chi connectivity index (χ1v) is 6.65. The van der Waals surface area contributed by atoms with Crippen molar-refractivity contribution >= 4 is 0 Å². The quantitative estimate of drug-likeness (QED) is 0.664. The highest BCUT2D eigenvalue weighted by atomic mass is 15.2. The average Bonchev–Trinajstić information content (AvgIpc) is 2.23. The zero-order chi connectivity index (χ0) is 11.5. The summed E-state index contributed by atoms with van der Waals surface area (Å²) in [5.74, 6) is 0. The minimum atomic E-state index is 1.25. The van der Waals surface area contributed by atoms with Gasteiger partial charge in [-0.3, -0.25) is 0 Å². The van der Waals surface area contributed by atoms with Crippen LogP contribution in [0.1, 0.15) is 46.5 Å².